The molecule has 1 aromatic rings. The van der Waals surface area contributed by atoms with E-state index in [0.717, 1.165) is 12.8 Å². The first kappa shape index (κ1) is 16.6. The van der Waals surface area contributed by atoms with Gasteiger partial charge in [-0.1, -0.05) is 6.07 Å². The lowest BCUT2D eigenvalue weighted by Gasteiger charge is -2.46. The van der Waals surface area contributed by atoms with Crippen molar-refractivity contribution in [1.29, 1.82) is 0 Å². The lowest BCUT2D eigenvalue weighted by molar-refractivity contribution is 0.0867. The number of nitrogens with one attached hydrogen (secondary N) is 2. The zero-order valence-corrected chi connectivity index (χ0v) is 14.0. The Morgan fingerprint density at radius 3 is 2.41 bits per heavy atom. The highest BCUT2D eigenvalue weighted by Gasteiger charge is 2.38. The van der Waals surface area contributed by atoms with Crippen LogP contribution in [0.1, 0.15) is 50.9 Å². The van der Waals surface area contributed by atoms with Gasteiger partial charge in [-0.25, -0.2) is 0 Å². The summed E-state index contributed by atoms with van der Waals surface area (Å²) >= 11 is 0. The molecular weight excluding hydrogens is 280 g/mol. The first-order valence-corrected chi connectivity index (χ1v) is 7.60. The van der Waals surface area contributed by atoms with Gasteiger partial charge in [0.25, 0.3) is 5.91 Å². The van der Waals surface area contributed by atoms with Crippen molar-refractivity contribution in [2.75, 3.05) is 7.11 Å². The number of methoxy groups -OCH3 is 1. The number of aromatic hydroxyl groups is 1. The van der Waals surface area contributed by atoms with Gasteiger partial charge in [-0.2, -0.15) is 0 Å². The van der Waals surface area contributed by atoms with Crippen molar-refractivity contribution in [1.82, 2.24) is 10.6 Å². The Labute approximate surface area is 132 Å². The molecular formula is C17H26N2O3. The Balaban J connectivity index is 2.19. The number of benzene rings is 1. The standard InChI is InChI=1S/C17H26N2O3/c1-16(2)9-11(10-17(3,4)19-16)18-15(21)14-12(20)7-6-8-13(14)22-5/h6-8,11,19-20H,9-10H2,1-5H3,(H,18,21). The normalized spacial score (nSPS) is 20.4. The molecule has 3 N–H and O–H groups in total. The Kier molecular flexibility index (Phi) is 4.38. The van der Waals surface area contributed by atoms with E-state index in [1.165, 1.54) is 13.2 Å². The Bertz CT molecular complexity index is 551. The Hall–Kier alpha value is -1.75. The lowest BCUT2D eigenvalue weighted by Crippen LogP contribution is -2.62. The third-order valence-electron chi connectivity index (χ3n) is 3.98. The van der Waals surface area contributed by atoms with E-state index in [1.807, 2.05) is 0 Å². The SMILES string of the molecule is COc1cccc(O)c1C(=O)NC1CC(C)(C)NC(C)(C)C1. The summed E-state index contributed by atoms with van der Waals surface area (Å²) in [7, 11) is 1.49. The molecule has 0 unspecified atom stereocenters. The number of piperidine rings is 1. The van der Waals surface area contributed by atoms with Gasteiger partial charge in [-0.05, 0) is 52.7 Å². The van der Waals surface area contributed by atoms with Gasteiger partial charge in [-0.15, -0.1) is 0 Å². The van der Waals surface area contributed by atoms with Crippen LogP contribution >= 0.6 is 0 Å². The van der Waals surface area contributed by atoms with Gasteiger partial charge in [0.05, 0.1) is 7.11 Å². The zero-order valence-electron chi connectivity index (χ0n) is 14.0. The van der Waals surface area contributed by atoms with Crippen LogP contribution in [-0.2, 0) is 0 Å². The van der Waals surface area contributed by atoms with Crippen molar-refractivity contribution in [3.63, 3.8) is 0 Å². The largest absolute Gasteiger partial charge is 0.507 e. The van der Waals surface area contributed by atoms with Crippen LogP contribution in [0.25, 0.3) is 0 Å². The molecule has 1 aliphatic rings. The molecule has 5 nitrogen and oxygen atoms in total. The number of carbonyl (C=O) groups excluding carboxylic acids is 1. The summed E-state index contributed by atoms with van der Waals surface area (Å²) in [5.41, 5.74) is 0.0875. The number of hydrogen-bond acceptors (Lipinski definition) is 4. The molecule has 1 saturated heterocycles. The number of hydrogen-bond donors (Lipinski definition) is 3. The number of phenols is 1. The van der Waals surface area contributed by atoms with Crippen molar-refractivity contribution in [3.05, 3.63) is 23.8 Å². The molecule has 1 fully saturated rings. The van der Waals surface area contributed by atoms with E-state index < -0.39 is 0 Å². The summed E-state index contributed by atoms with van der Waals surface area (Å²) in [6.07, 6.45) is 1.66. The van der Waals surface area contributed by atoms with Crippen molar-refractivity contribution in [2.24, 2.45) is 0 Å². The fourth-order valence-corrected chi connectivity index (χ4v) is 3.60. The molecule has 0 saturated carbocycles. The van der Waals surface area contributed by atoms with Gasteiger partial charge in [-0.3, -0.25) is 4.79 Å². The summed E-state index contributed by atoms with van der Waals surface area (Å²) in [5, 5.41) is 16.6. The van der Waals surface area contributed by atoms with E-state index in [0.29, 0.717) is 5.75 Å². The van der Waals surface area contributed by atoms with E-state index in [2.05, 4.69) is 38.3 Å². The van der Waals surface area contributed by atoms with Crippen molar-refractivity contribution >= 4 is 5.91 Å². The highest BCUT2D eigenvalue weighted by Crippen LogP contribution is 2.31. The van der Waals surface area contributed by atoms with Gasteiger partial charge in [0, 0.05) is 17.1 Å². The van der Waals surface area contributed by atoms with Gasteiger partial charge in [0.15, 0.2) is 0 Å². The molecule has 0 radical (unpaired) electrons. The molecule has 122 valence electrons. The molecule has 1 aliphatic heterocycles. The second-order valence-corrected chi connectivity index (χ2v) is 7.33. The minimum Gasteiger partial charge on any atom is -0.507 e. The average Bonchev–Trinajstić information content (AvgIpc) is 2.33. The first-order valence-electron chi connectivity index (χ1n) is 7.60. The van der Waals surface area contributed by atoms with Crippen LogP contribution in [0.2, 0.25) is 0 Å². The molecule has 0 atom stereocenters. The van der Waals surface area contributed by atoms with Crippen LogP contribution in [0.5, 0.6) is 11.5 Å². The molecule has 5 heteroatoms. The van der Waals surface area contributed by atoms with Crippen molar-refractivity contribution in [2.45, 2.75) is 57.7 Å². The van der Waals surface area contributed by atoms with Crippen LogP contribution in [0.3, 0.4) is 0 Å². The maximum absolute atomic E-state index is 12.6. The highest BCUT2D eigenvalue weighted by atomic mass is 16.5. The molecule has 1 aromatic carbocycles. The monoisotopic (exact) mass is 306 g/mol. The quantitative estimate of drug-likeness (QED) is 0.802. The Morgan fingerprint density at radius 1 is 1.27 bits per heavy atom. The van der Waals surface area contributed by atoms with Crippen LogP contribution in [0, 0.1) is 0 Å². The van der Waals surface area contributed by atoms with Crippen LogP contribution in [-0.4, -0.2) is 35.2 Å². The summed E-state index contributed by atoms with van der Waals surface area (Å²) in [6.45, 7) is 8.53. The topological polar surface area (TPSA) is 70.6 Å². The summed E-state index contributed by atoms with van der Waals surface area (Å²) in [4.78, 5) is 12.6. The second kappa shape index (κ2) is 5.80. The van der Waals surface area contributed by atoms with Crippen molar-refractivity contribution in [3.8, 4) is 11.5 Å². The molecule has 2 rings (SSSR count). The molecule has 0 aromatic heterocycles. The summed E-state index contributed by atoms with van der Waals surface area (Å²) in [6, 6.07) is 4.86. The van der Waals surface area contributed by atoms with Crippen LogP contribution in [0.15, 0.2) is 18.2 Å². The van der Waals surface area contributed by atoms with E-state index >= 15 is 0 Å². The molecule has 0 bridgehead atoms. The van der Waals surface area contributed by atoms with Gasteiger partial charge >= 0.3 is 0 Å². The molecule has 0 spiro atoms. The second-order valence-electron chi connectivity index (χ2n) is 7.33. The van der Waals surface area contributed by atoms with Gasteiger partial charge < -0.3 is 20.5 Å². The maximum atomic E-state index is 12.6. The minimum atomic E-state index is -0.298. The van der Waals surface area contributed by atoms with Crippen molar-refractivity contribution < 1.29 is 14.6 Å². The summed E-state index contributed by atoms with van der Waals surface area (Å²) in [5.74, 6) is 0.0164. The smallest absolute Gasteiger partial charge is 0.259 e. The van der Waals surface area contributed by atoms with Crippen LogP contribution < -0.4 is 15.4 Å². The van der Waals surface area contributed by atoms with E-state index in [9.17, 15) is 9.90 Å². The minimum absolute atomic E-state index is 0.0445. The van der Waals surface area contributed by atoms with Gasteiger partial charge in [0.2, 0.25) is 0 Å². The van der Waals surface area contributed by atoms with E-state index in [4.69, 9.17) is 4.74 Å². The average molecular weight is 306 g/mol. The highest BCUT2D eigenvalue weighted by molar-refractivity contribution is 5.99. The lowest BCUT2D eigenvalue weighted by atomic mass is 9.79. The van der Waals surface area contributed by atoms with Gasteiger partial charge in [0.1, 0.15) is 17.1 Å². The number of amides is 1. The number of rotatable bonds is 3. The molecule has 1 heterocycles. The predicted octanol–water partition coefficient (Wildman–Crippen LogP) is 2.44. The number of carbonyl (C=O) groups is 1. The number of phenolic OH excluding ortho intramolecular Hbond substituents is 1. The third-order valence-corrected chi connectivity index (χ3v) is 3.98. The zero-order chi connectivity index (χ0) is 16.5. The number of ether oxygens (including phenoxy) is 1. The van der Waals surface area contributed by atoms with Crippen LogP contribution in [0.4, 0.5) is 0 Å². The molecule has 22 heavy (non-hydrogen) atoms. The summed E-state index contributed by atoms with van der Waals surface area (Å²) < 4.78 is 5.19. The third kappa shape index (κ3) is 3.71. The fraction of sp³-hybridized carbons (Fsp3) is 0.588. The van der Waals surface area contributed by atoms with E-state index in [-0.39, 0.29) is 34.3 Å². The Morgan fingerprint density at radius 2 is 1.86 bits per heavy atom. The first-order chi connectivity index (χ1) is 10.1. The predicted molar refractivity (Wildman–Crippen MR) is 86.4 cm³/mol. The maximum Gasteiger partial charge on any atom is 0.259 e. The van der Waals surface area contributed by atoms with E-state index in [1.54, 1.807) is 12.1 Å². The molecule has 0 aliphatic carbocycles. The fourth-order valence-electron chi connectivity index (χ4n) is 3.60. The molecule has 1 amide bonds.